The molecule has 1 aliphatic heterocycles. The Morgan fingerprint density at radius 3 is 2.96 bits per heavy atom. The molecule has 1 aliphatic rings. The van der Waals surface area contributed by atoms with Gasteiger partial charge >= 0.3 is 0 Å². The average molecular weight is 376 g/mol. The third-order valence-electron chi connectivity index (χ3n) is 4.40. The molecular weight excluding hydrogens is 356 g/mol. The third-order valence-corrected chi connectivity index (χ3v) is 4.40. The Morgan fingerprint density at radius 1 is 1.59 bits per heavy atom. The molecule has 0 aliphatic carbocycles. The number of hydrogen-bond donors (Lipinski definition) is 3. The van der Waals surface area contributed by atoms with Gasteiger partial charge in [-0.1, -0.05) is 25.9 Å². The molecule has 4 atom stereocenters. The fourth-order valence-corrected chi connectivity index (χ4v) is 2.91. The van der Waals surface area contributed by atoms with Crippen molar-refractivity contribution < 1.29 is 14.6 Å². The van der Waals surface area contributed by atoms with E-state index in [4.69, 9.17) is 10.3 Å². The van der Waals surface area contributed by atoms with Crippen molar-refractivity contribution >= 4 is 23.0 Å². The molecule has 0 radical (unpaired) electrons. The van der Waals surface area contributed by atoms with Crippen molar-refractivity contribution in [1.82, 2.24) is 19.5 Å². The number of nitrogens with zero attached hydrogens (tertiary/aromatic N) is 6. The molecule has 12 nitrogen and oxygen atoms in total. The lowest BCUT2D eigenvalue weighted by Gasteiger charge is -2.17. The summed E-state index contributed by atoms with van der Waals surface area (Å²) >= 11 is 0. The van der Waals surface area contributed by atoms with Gasteiger partial charge in [0.25, 0.3) is 5.56 Å². The number of rotatable bonds is 5. The van der Waals surface area contributed by atoms with Crippen LogP contribution < -0.4 is 10.9 Å². The van der Waals surface area contributed by atoms with Crippen molar-refractivity contribution in [2.75, 3.05) is 5.32 Å². The monoisotopic (exact) mass is 376 g/mol. The van der Waals surface area contributed by atoms with Crippen LogP contribution in [0.3, 0.4) is 0 Å². The van der Waals surface area contributed by atoms with Gasteiger partial charge in [0.15, 0.2) is 11.2 Å². The number of aliphatic hydroxyl groups is 1. The molecule has 144 valence electrons. The molecule has 2 aromatic rings. The van der Waals surface area contributed by atoms with Gasteiger partial charge in [-0.2, -0.15) is 4.98 Å². The standard InChI is InChI=1S/C15H20N8O4/c1-4-7-10(24)8(21-22-16)14(27-7)23-5-17-9-11(23)18-15(20-13(9)26)19-12(25)6(2)3/h5-8,10,14,24H,4H2,1-3H3,(H2,18,19,20,25,26)/t7-,8-,10-,14-/m1/s1. The zero-order valence-electron chi connectivity index (χ0n) is 15.0. The molecule has 0 spiro atoms. The van der Waals surface area contributed by atoms with Gasteiger partial charge in [0.2, 0.25) is 11.9 Å². The molecule has 12 heteroatoms. The number of aromatic nitrogens is 4. The lowest BCUT2D eigenvalue weighted by atomic mass is 10.1. The van der Waals surface area contributed by atoms with Crippen LogP contribution in [0.25, 0.3) is 21.6 Å². The van der Waals surface area contributed by atoms with E-state index in [1.807, 2.05) is 6.92 Å². The van der Waals surface area contributed by atoms with Crippen LogP contribution in [-0.4, -0.2) is 48.8 Å². The Labute approximate surface area is 153 Å². The summed E-state index contributed by atoms with van der Waals surface area (Å²) in [4.78, 5) is 37.7. The van der Waals surface area contributed by atoms with Crippen molar-refractivity contribution in [1.29, 1.82) is 0 Å². The van der Waals surface area contributed by atoms with E-state index in [2.05, 4.69) is 30.3 Å². The highest BCUT2D eigenvalue weighted by Crippen LogP contribution is 2.34. The molecule has 1 fully saturated rings. The molecule has 2 aromatic heterocycles. The lowest BCUT2D eigenvalue weighted by molar-refractivity contribution is -0.118. The van der Waals surface area contributed by atoms with Gasteiger partial charge in [0.05, 0.1) is 18.5 Å². The number of fused-ring (bicyclic) bond motifs is 1. The second-order valence-electron chi connectivity index (χ2n) is 6.54. The highest BCUT2D eigenvalue weighted by Gasteiger charge is 2.44. The fourth-order valence-electron chi connectivity index (χ4n) is 2.91. The van der Waals surface area contributed by atoms with Gasteiger partial charge in [-0.25, -0.2) is 4.98 Å². The zero-order chi connectivity index (χ0) is 19.7. The minimum Gasteiger partial charge on any atom is -0.390 e. The molecule has 3 N–H and O–H groups in total. The highest BCUT2D eigenvalue weighted by atomic mass is 16.5. The molecule has 0 unspecified atom stereocenters. The number of amides is 1. The van der Waals surface area contributed by atoms with Crippen LogP contribution in [0.15, 0.2) is 16.2 Å². The molecule has 1 saturated heterocycles. The number of hydrogen-bond acceptors (Lipinski definition) is 7. The van der Waals surface area contributed by atoms with Gasteiger partial charge < -0.3 is 9.84 Å². The zero-order valence-corrected chi connectivity index (χ0v) is 15.0. The van der Waals surface area contributed by atoms with E-state index in [9.17, 15) is 14.7 Å². The van der Waals surface area contributed by atoms with Crippen LogP contribution in [0.2, 0.25) is 0 Å². The van der Waals surface area contributed by atoms with Gasteiger partial charge in [-0.3, -0.25) is 24.5 Å². The number of carbonyl (C=O) groups excluding carboxylic acids is 1. The van der Waals surface area contributed by atoms with Crippen LogP contribution in [0, 0.1) is 5.92 Å². The summed E-state index contributed by atoms with van der Waals surface area (Å²) in [7, 11) is 0. The number of aromatic amines is 1. The summed E-state index contributed by atoms with van der Waals surface area (Å²) in [6.07, 6.45) is -0.587. The summed E-state index contributed by atoms with van der Waals surface area (Å²) in [6, 6.07) is -0.910. The van der Waals surface area contributed by atoms with Crippen LogP contribution in [0.5, 0.6) is 0 Å². The molecular formula is C15H20N8O4. The van der Waals surface area contributed by atoms with Crippen molar-refractivity contribution in [3.63, 3.8) is 0 Å². The van der Waals surface area contributed by atoms with Crippen LogP contribution in [0.1, 0.15) is 33.4 Å². The van der Waals surface area contributed by atoms with E-state index >= 15 is 0 Å². The second kappa shape index (κ2) is 7.35. The fraction of sp³-hybridized carbons (Fsp3) is 0.600. The predicted molar refractivity (Wildman–Crippen MR) is 94.8 cm³/mol. The van der Waals surface area contributed by atoms with Gasteiger partial charge in [-0.05, 0) is 12.0 Å². The maximum atomic E-state index is 12.3. The van der Waals surface area contributed by atoms with E-state index < -0.39 is 30.0 Å². The van der Waals surface area contributed by atoms with Crippen LogP contribution in [0.4, 0.5) is 5.95 Å². The first-order valence-corrected chi connectivity index (χ1v) is 8.52. The number of H-pyrrole nitrogens is 1. The molecule has 1 amide bonds. The molecule has 0 bridgehead atoms. The normalized spacial score (nSPS) is 24.9. The Hall–Kier alpha value is -2.95. The molecule has 0 saturated carbocycles. The van der Waals surface area contributed by atoms with Crippen molar-refractivity contribution in [3.05, 3.63) is 27.1 Å². The number of anilines is 1. The van der Waals surface area contributed by atoms with Gasteiger partial charge in [-0.15, -0.1) is 0 Å². The molecule has 3 rings (SSSR count). The van der Waals surface area contributed by atoms with E-state index in [0.29, 0.717) is 6.42 Å². The number of aliphatic hydroxyl groups excluding tert-OH is 1. The molecule has 0 aromatic carbocycles. The minimum atomic E-state index is -1.00. The summed E-state index contributed by atoms with van der Waals surface area (Å²) in [5.74, 6) is -0.642. The Kier molecular flexibility index (Phi) is 5.13. The summed E-state index contributed by atoms with van der Waals surface area (Å²) < 4.78 is 7.23. The first-order chi connectivity index (χ1) is 12.9. The molecule has 3 heterocycles. The quantitative estimate of drug-likeness (QED) is 0.400. The second-order valence-corrected chi connectivity index (χ2v) is 6.54. The number of nitrogens with one attached hydrogen (secondary N) is 2. The van der Waals surface area contributed by atoms with Crippen molar-refractivity contribution in [2.45, 2.75) is 51.7 Å². The minimum absolute atomic E-state index is 0.0288. The van der Waals surface area contributed by atoms with E-state index in [0.717, 1.165) is 0 Å². The number of azide groups is 1. The average Bonchev–Trinajstić information content (AvgIpc) is 3.17. The maximum Gasteiger partial charge on any atom is 0.280 e. The third kappa shape index (κ3) is 3.37. The Bertz CT molecular complexity index is 960. The smallest absolute Gasteiger partial charge is 0.280 e. The summed E-state index contributed by atoms with van der Waals surface area (Å²) in [6.45, 7) is 5.25. The van der Waals surface area contributed by atoms with Crippen molar-refractivity contribution in [3.8, 4) is 0 Å². The Morgan fingerprint density at radius 2 is 2.33 bits per heavy atom. The van der Waals surface area contributed by atoms with Crippen molar-refractivity contribution in [2.24, 2.45) is 11.0 Å². The van der Waals surface area contributed by atoms with Crippen LogP contribution in [-0.2, 0) is 9.53 Å². The number of carbonyl (C=O) groups is 1. The maximum absolute atomic E-state index is 12.3. The van der Waals surface area contributed by atoms with Crippen LogP contribution >= 0.6 is 0 Å². The number of ether oxygens (including phenoxy) is 1. The first-order valence-electron chi connectivity index (χ1n) is 8.52. The Balaban J connectivity index is 2.06. The summed E-state index contributed by atoms with van der Waals surface area (Å²) in [5, 5.41) is 16.5. The van der Waals surface area contributed by atoms with E-state index in [1.54, 1.807) is 13.8 Å². The van der Waals surface area contributed by atoms with E-state index in [1.165, 1.54) is 10.9 Å². The SMILES string of the molecule is CC[C@H]1O[C@@H](n2cnc3c(=O)[nH]c(NC(=O)C(C)C)nc32)[C@H](N=[N+]=[N-])[C@@H]1O. The van der Waals surface area contributed by atoms with Gasteiger partial charge in [0.1, 0.15) is 12.3 Å². The lowest BCUT2D eigenvalue weighted by Crippen LogP contribution is -2.29. The van der Waals surface area contributed by atoms with Gasteiger partial charge in [0, 0.05) is 10.8 Å². The first kappa shape index (κ1) is 18.8. The highest BCUT2D eigenvalue weighted by molar-refractivity contribution is 5.91. The predicted octanol–water partition coefficient (Wildman–Crippen LogP) is 1.06. The summed E-state index contributed by atoms with van der Waals surface area (Å²) in [5.41, 5.74) is 8.46. The number of imidazole rings is 1. The van der Waals surface area contributed by atoms with E-state index in [-0.39, 0.29) is 28.9 Å². The largest absolute Gasteiger partial charge is 0.390 e. The molecule has 27 heavy (non-hydrogen) atoms. The topological polar surface area (TPSA) is 171 Å².